The van der Waals surface area contributed by atoms with Crippen molar-refractivity contribution >= 4 is 34.4 Å². The topological polar surface area (TPSA) is 85.1 Å². The van der Waals surface area contributed by atoms with E-state index in [9.17, 15) is 14.4 Å². The maximum Gasteiger partial charge on any atom is 0.329 e. The van der Waals surface area contributed by atoms with Crippen molar-refractivity contribution in [1.29, 1.82) is 0 Å². The summed E-state index contributed by atoms with van der Waals surface area (Å²) in [5.74, 6) is -1.06. The van der Waals surface area contributed by atoms with Gasteiger partial charge in [-0.1, -0.05) is 35.9 Å². The van der Waals surface area contributed by atoms with Crippen molar-refractivity contribution in [3.63, 3.8) is 0 Å². The fraction of sp³-hybridized carbons (Fsp3) is 0.167. The summed E-state index contributed by atoms with van der Waals surface area (Å²) >= 11 is 5.95. The Labute approximate surface area is 154 Å². The van der Waals surface area contributed by atoms with E-state index in [4.69, 9.17) is 11.6 Å². The predicted octanol–water partition coefficient (Wildman–Crippen LogP) is 1.94. The number of hydrazine groups is 1. The molecule has 1 aromatic heterocycles. The fourth-order valence-electron chi connectivity index (χ4n) is 2.75. The first kappa shape index (κ1) is 17.8. The highest BCUT2D eigenvalue weighted by atomic mass is 35.5. The number of carbonyl (C=O) groups is 2. The van der Waals surface area contributed by atoms with Gasteiger partial charge in [-0.3, -0.25) is 29.6 Å². The number of hydrogen-bond donors (Lipinski definition) is 2. The van der Waals surface area contributed by atoms with Gasteiger partial charge in [-0.05, 0) is 31.2 Å². The molecule has 3 aromatic rings. The van der Waals surface area contributed by atoms with E-state index in [1.54, 1.807) is 41.0 Å². The minimum Gasteiger partial charge on any atom is -0.292 e. The number of amides is 2. The summed E-state index contributed by atoms with van der Waals surface area (Å²) in [6.45, 7) is 2.15. The molecule has 0 radical (unpaired) electrons. The van der Waals surface area contributed by atoms with Crippen molar-refractivity contribution in [3.05, 3.63) is 69.6 Å². The van der Waals surface area contributed by atoms with E-state index in [1.807, 2.05) is 19.1 Å². The Morgan fingerprint density at radius 2 is 1.58 bits per heavy atom. The number of nitrogens with zero attached hydrogens (tertiary/aromatic N) is 2. The molecule has 0 aliphatic carbocycles. The van der Waals surface area contributed by atoms with Crippen LogP contribution < -0.4 is 16.5 Å². The largest absolute Gasteiger partial charge is 0.329 e. The Bertz CT molecular complexity index is 1040. The zero-order chi connectivity index (χ0) is 18.7. The van der Waals surface area contributed by atoms with Crippen molar-refractivity contribution in [2.75, 3.05) is 0 Å². The van der Waals surface area contributed by atoms with Crippen molar-refractivity contribution in [2.24, 2.45) is 0 Å². The highest BCUT2D eigenvalue weighted by Crippen LogP contribution is 2.14. The van der Waals surface area contributed by atoms with Crippen molar-refractivity contribution in [3.8, 4) is 0 Å². The molecule has 2 N–H and O–H groups in total. The van der Waals surface area contributed by atoms with Crippen LogP contribution in [0.1, 0.15) is 17.3 Å². The summed E-state index contributed by atoms with van der Waals surface area (Å²) < 4.78 is 2.96. The minimum absolute atomic E-state index is 0.213. The van der Waals surface area contributed by atoms with Crippen molar-refractivity contribution in [2.45, 2.75) is 20.0 Å². The van der Waals surface area contributed by atoms with Crippen LogP contribution >= 0.6 is 11.6 Å². The average Bonchev–Trinajstić information content (AvgIpc) is 2.91. The molecule has 134 valence electrons. The molecule has 0 fully saturated rings. The third kappa shape index (κ3) is 3.34. The summed E-state index contributed by atoms with van der Waals surface area (Å²) in [6.07, 6.45) is 0. The lowest BCUT2D eigenvalue weighted by atomic mass is 10.2. The van der Waals surface area contributed by atoms with Gasteiger partial charge >= 0.3 is 5.69 Å². The first-order valence-electron chi connectivity index (χ1n) is 8.04. The number of rotatable bonds is 4. The highest BCUT2D eigenvalue weighted by molar-refractivity contribution is 6.33. The summed E-state index contributed by atoms with van der Waals surface area (Å²) in [5.41, 5.74) is 6.00. The van der Waals surface area contributed by atoms with E-state index in [0.29, 0.717) is 12.1 Å². The van der Waals surface area contributed by atoms with Crippen LogP contribution in [0.3, 0.4) is 0 Å². The van der Waals surface area contributed by atoms with Gasteiger partial charge in [-0.2, -0.15) is 0 Å². The van der Waals surface area contributed by atoms with Gasteiger partial charge in [0.2, 0.25) is 0 Å². The quantitative estimate of drug-likeness (QED) is 0.686. The van der Waals surface area contributed by atoms with Crippen LogP contribution in [-0.2, 0) is 17.9 Å². The number of fused-ring (bicyclic) bond motifs is 1. The SMILES string of the molecule is CCn1c(=O)n(CC(=O)NNC(=O)c2ccccc2Cl)c2ccccc21. The molecule has 8 heteroatoms. The molecule has 2 aromatic carbocycles. The predicted molar refractivity (Wildman–Crippen MR) is 98.9 cm³/mol. The zero-order valence-electron chi connectivity index (χ0n) is 14.0. The van der Waals surface area contributed by atoms with Crippen LogP contribution in [0.5, 0.6) is 0 Å². The Hall–Kier alpha value is -3.06. The monoisotopic (exact) mass is 372 g/mol. The Balaban J connectivity index is 1.74. The molecule has 0 saturated heterocycles. The van der Waals surface area contributed by atoms with Gasteiger partial charge in [0.1, 0.15) is 6.54 Å². The van der Waals surface area contributed by atoms with E-state index in [-0.39, 0.29) is 22.8 Å². The molecular weight excluding hydrogens is 356 g/mol. The number of halogens is 1. The summed E-state index contributed by atoms with van der Waals surface area (Å²) in [7, 11) is 0. The van der Waals surface area contributed by atoms with Crippen LogP contribution in [0.25, 0.3) is 11.0 Å². The van der Waals surface area contributed by atoms with Gasteiger partial charge in [0.25, 0.3) is 11.8 Å². The first-order chi connectivity index (χ1) is 12.5. The van der Waals surface area contributed by atoms with Crippen LogP contribution in [0, 0.1) is 0 Å². The highest BCUT2D eigenvalue weighted by Gasteiger charge is 2.15. The Kier molecular flexibility index (Phi) is 5.09. The maximum absolute atomic E-state index is 12.5. The third-order valence-corrected chi connectivity index (χ3v) is 4.31. The fourth-order valence-corrected chi connectivity index (χ4v) is 2.97. The minimum atomic E-state index is -0.535. The molecule has 26 heavy (non-hydrogen) atoms. The zero-order valence-corrected chi connectivity index (χ0v) is 14.8. The number of imidazole rings is 1. The average molecular weight is 373 g/mol. The van der Waals surface area contributed by atoms with Crippen LogP contribution in [0.15, 0.2) is 53.3 Å². The van der Waals surface area contributed by atoms with Gasteiger partial charge < -0.3 is 0 Å². The molecule has 0 aliphatic rings. The number of benzene rings is 2. The number of carbonyl (C=O) groups excluding carboxylic acids is 2. The van der Waals surface area contributed by atoms with Gasteiger partial charge in [0.05, 0.1) is 21.6 Å². The second-order valence-electron chi connectivity index (χ2n) is 5.58. The number of aromatic nitrogens is 2. The normalized spacial score (nSPS) is 10.7. The van der Waals surface area contributed by atoms with Crippen LogP contribution in [0.4, 0.5) is 0 Å². The second kappa shape index (κ2) is 7.45. The van der Waals surface area contributed by atoms with Gasteiger partial charge in [0.15, 0.2) is 0 Å². The Morgan fingerprint density at radius 3 is 2.23 bits per heavy atom. The maximum atomic E-state index is 12.5. The van der Waals surface area contributed by atoms with Gasteiger partial charge in [-0.15, -0.1) is 0 Å². The number of aryl methyl sites for hydroxylation is 1. The van der Waals surface area contributed by atoms with E-state index in [1.165, 1.54) is 4.57 Å². The van der Waals surface area contributed by atoms with Gasteiger partial charge in [-0.25, -0.2) is 4.79 Å². The molecule has 0 atom stereocenters. The van der Waals surface area contributed by atoms with Crippen LogP contribution in [-0.4, -0.2) is 20.9 Å². The van der Waals surface area contributed by atoms with E-state index in [0.717, 1.165) is 5.52 Å². The standard InChI is InChI=1S/C18H17ClN4O3/c1-2-22-14-9-5-6-10-15(14)23(18(22)26)11-16(24)20-21-17(25)12-7-3-4-8-13(12)19/h3-10H,2,11H2,1H3,(H,20,24)(H,21,25). The third-order valence-electron chi connectivity index (χ3n) is 3.98. The van der Waals surface area contributed by atoms with Crippen molar-refractivity contribution < 1.29 is 9.59 Å². The summed E-state index contributed by atoms with van der Waals surface area (Å²) in [4.78, 5) is 36.8. The van der Waals surface area contributed by atoms with E-state index >= 15 is 0 Å². The van der Waals surface area contributed by atoms with E-state index < -0.39 is 11.8 Å². The molecule has 0 bridgehead atoms. The lowest BCUT2D eigenvalue weighted by Gasteiger charge is -2.09. The number of para-hydroxylation sites is 2. The second-order valence-corrected chi connectivity index (χ2v) is 5.99. The smallest absolute Gasteiger partial charge is 0.292 e. The number of hydrogen-bond acceptors (Lipinski definition) is 3. The van der Waals surface area contributed by atoms with Gasteiger partial charge in [0, 0.05) is 6.54 Å². The molecular formula is C18H17ClN4O3. The lowest BCUT2D eigenvalue weighted by molar-refractivity contribution is -0.122. The molecule has 0 aliphatic heterocycles. The molecule has 0 saturated carbocycles. The molecule has 1 heterocycles. The van der Waals surface area contributed by atoms with Crippen molar-refractivity contribution in [1.82, 2.24) is 20.0 Å². The number of nitrogens with one attached hydrogen (secondary N) is 2. The first-order valence-corrected chi connectivity index (χ1v) is 8.42. The molecule has 7 nitrogen and oxygen atoms in total. The lowest BCUT2D eigenvalue weighted by Crippen LogP contribution is -2.44. The van der Waals surface area contributed by atoms with Crippen LogP contribution in [0.2, 0.25) is 5.02 Å². The summed E-state index contributed by atoms with van der Waals surface area (Å²) in [5, 5.41) is 0.279. The molecule has 2 amide bonds. The molecule has 0 unspecified atom stereocenters. The van der Waals surface area contributed by atoms with E-state index in [2.05, 4.69) is 10.9 Å². The molecule has 3 rings (SSSR count). The summed E-state index contributed by atoms with van der Waals surface area (Å²) in [6, 6.07) is 13.7. The Morgan fingerprint density at radius 1 is 0.962 bits per heavy atom. The molecule has 0 spiro atoms.